The van der Waals surface area contributed by atoms with Gasteiger partial charge in [0.15, 0.2) is 0 Å². The lowest BCUT2D eigenvalue weighted by Gasteiger charge is -2.07. The summed E-state index contributed by atoms with van der Waals surface area (Å²) in [6.07, 6.45) is 1.75. The zero-order chi connectivity index (χ0) is 15.0. The van der Waals surface area contributed by atoms with E-state index in [0.717, 1.165) is 5.56 Å². The quantitative estimate of drug-likeness (QED) is 0.472. The molecule has 0 radical (unpaired) electrons. The predicted octanol–water partition coefficient (Wildman–Crippen LogP) is 2.75. The van der Waals surface area contributed by atoms with Crippen molar-refractivity contribution >= 4 is 11.9 Å². The third kappa shape index (κ3) is 6.00. The molecule has 0 saturated carbocycles. The molecule has 0 aliphatic heterocycles. The molecule has 0 amide bonds. The number of carboxylic acid groups (broad SMARTS) is 1. The zero-order valence-corrected chi connectivity index (χ0v) is 11.5. The number of esters is 1. The summed E-state index contributed by atoms with van der Waals surface area (Å²) < 4.78 is 4.98. The Hall–Kier alpha value is -2.36. The molecule has 4 nitrogen and oxygen atoms in total. The Bertz CT molecular complexity index is 515. The van der Waals surface area contributed by atoms with Crippen LogP contribution in [-0.4, -0.2) is 23.7 Å². The van der Waals surface area contributed by atoms with Crippen molar-refractivity contribution in [3.63, 3.8) is 0 Å². The fourth-order valence-corrected chi connectivity index (χ4v) is 1.53. The molecule has 1 rings (SSSR count). The van der Waals surface area contributed by atoms with Gasteiger partial charge in [-0.2, -0.15) is 0 Å². The summed E-state index contributed by atoms with van der Waals surface area (Å²) in [4.78, 5) is 22.6. The van der Waals surface area contributed by atoms with E-state index in [1.165, 1.54) is 0 Å². The minimum atomic E-state index is -1.06. The molecule has 0 heterocycles. The molecule has 0 bridgehead atoms. The summed E-state index contributed by atoms with van der Waals surface area (Å²) in [6.45, 7) is 5.46. The van der Waals surface area contributed by atoms with Crippen LogP contribution in [0.25, 0.3) is 0 Å². The molecule has 0 unspecified atom stereocenters. The highest BCUT2D eigenvalue weighted by Gasteiger charge is 2.14. The van der Waals surface area contributed by atoms with E-state index in [9.17, 15) is 9.59 Å². The standard InChI is InChI=1S/C16H18O4/c1-12(2)11-20-16(19)14(10-15(17)18)9-8-13-6-4-3-5-7-13/h3-7,9H,1,8,10-11H2,2H3,(H,17,18). The monoisotopic (exact) mass is 274 g/mol. The topological polar surface area (TPSA) is 63.6 Å². The fourth-order valence-electron chi connectivity index (χ4n) is 1.53. The molecule has 0 saturated heterocycles. The van der Waals surface area contributed by atoms with Crippen LogP contribution in [0.4, 0.5) is 0 Å². The number of benzene rings is 1. The smallest absolute Gasteiger partial charge is 0.334 e. The molecule has 1 aromatic rings. The van der Waals surface area contributed by atoms with Crippen molar-refractivity contribution in [2.45, 2.75) is 19.8 Å². The van der Waals surface area contributed by atoms with Gasteiger partial charge in [0.1, 0.15) is 6.61 Å². The number of ether oxygens (including phenoxy) is 1. The molecule has 1 N–H and O–H groups in total. The number of hydrogen-bond donors (Lipinski definition) is 1. The van der Waals surface area contributed by atoms with E-state index in [1.807, 2.05) is 30.3 Å². The Morgan fingerprint density at radius 2 is 1.95 bits per heavy atom. The molecule has 1 aromatic carbocycles. The molecule has 0 atom stereocenters. The Morgan fingerprint density at radius 3 is 2.50 bits per heavy atom. The number of hydrogen-bond acceptors (Lipinski definition) is 3. The molecule has 106 valence electrons. The SMILES string of the molecule is C=C(C)COC(=O)C(=CCc1ccccc1)CC(=O)O. The minimum Gasteiger partial charge on any atom is -0.481 e. The maximum Gasteiger partial charge on any atom is 0.334 e. The van der Waals surface area contributed by atoms with Crippen molar-refractivity contribution in [3.05, 3.63) is 59.7 Å². The molecular formula is C16H18O4. The highest BCUT2D eigenvalue weighted by molar-refractivity contribution is 5.93. The highest BCUT2D eigenvalue weighted by atomic mass is 16.5. The van der Waals surface area contributed by atoms with Crippen molar-refractivity contribution in [3.8, 4) is 0 Å². The minimum absolute atomic E-state index is 0.0983. The molecule has 0 aliphatic rings. The van der Waals surface area contributed by atoms with Crippen LogP contribution < -0.4 is 0 Å². The lowest BCUT2D eigenvalue weighted by atomic mass is 10.1. The summed E-state index contributed by atoms with van der Waals surface area (Å²) in [5, 5.41) is 8.84. The van der Waals surface area contributed by atoms with E-state index in [-0.39, 0.29) is 18.6 Å². The second-order valence-corrected chi connectivity index (χ2v) is 4.52. The van der Waals surface area contributed by atoms with E-state index >= 15 is 0 Å². The molecule has 20 heavy (non-hydrogen) atoms. The summed E-state index contributed by atoms with van der Waals surface area (Å²) in [7, 11) is 0. The second kappa shape index (κ2) is 7.94. The third-order valence-electron chi connectivity index (χ3n) is 2.48. The Kier molecular flexibility index (Phi) is 6.23. The van der Waals surface area contributed by atoms with E-state index in [4.69, 9.17) is 9.84 Å². The van der Waals surface area contributed by atoms with Crippen molar-refractivity contribution < 1.29 is 19.4 Å². The average molecular weight is 274 g/mol. The number of carbonyl (C=O) groups excluding carboxylic acids is 1. The van der Waals surface area contributed by atoms with Gasteiger partial charge in [-0.15, -0.1) is 0 Å². The fraction of sp³-hybridized carbons (Fsp3) is 0.250. The van der Waals surface area contributed by atoms with Crippen LogP contribution in [0, 0.1) is 0 Å². The van der Waals surface area contributed by atoms with Crippen molar-refractivity contribution in [1.29, 1.82) is 0 Å². The van der Waals surface area contributed by atoms with Gasteiger partial charge in [-0.1, -0.05) is 43.0 Å². The van der Waals surface area contributed by atoms with Crippen LogP contribution in [0.3, 0.4) is 0 Å². The normalized spacial score (nSPS) is 10.9. The van der Waals surface area contributed by atoms with Crippen molar-refractivity contribution in [2.24, 2.45) is 0 Å². The van der Waals surface area contributed by atoms with E-state index in [1.54, 1.807) is 13.0 Å². The molecule has 4 heteroatoms. The number of rotatable bonds is 7. The zero-order valence-electron chi connectivity index (χ0n) is 11.5. The van der Waals surface area contributed by atoms with E-state index in [2.05, 4.69) is 6.58 Å². The molecule has 0 spiro atoms. The van der Waals surface area contributed by atoms with Crippen LogP contribution in [0.2, 0.25) is 0 Å². The molecule has 0 fully saturated rings. The Labute approximate surface area is 118 Å². The number of carbonyl (C=O) groups is 2. The van der Waals surface area contributed by atoms with Gasteiger partial charge in [-0.05, 0) is 24.5 Å². The molecule has 0 aliphatic carbocycles. The summed E-state index contributed by atoms with van der Waals surface area (Å²) >= 11 is 0. The van der Waals surface area contributed by atoms with E-state index in [0.29, 0.717) is 12.0 Å². The van der Waals surface area contributed by atoms with Gasteiger partial charge in [0.05, 0.1) is 6.42 Å². The second-order valence-electron chi connectivity index (χ2n) is 4.52. The third-order valence-corrected chi connectivity index (χ3v) is 2.48. The van der Waals surface area contributed by atoms with Gasteiger partial charge < -0.3 is 9.84 Å². The number of aliphatic carboxylic acids is 1. The van der Waals surface area contributed by atoms with Crippen LogP contribution >= 0.6 is 0 Å². The van der Waals surface area contributed by atoms with Crippen LogP contribution in [0.1, 0.15) is 18.9 Å². The average Bonchev–Trinajstić information content (AvgIpc) is 2.41. The first-order valence-electron chi connectivity index (χ1n) is 6.25. The summed E-state index contributed by atoms with van der Waals surface area (Å²) in [5.41, 5.74) is 1.86. The van der Waals surface area contributed by atoms with Crippen LogP contribution in [-0.2, 0) is 20.7 Å². The van der Waals surface area contributed by atoms with E-state index < -0.39 is 11.9 Å². The lowest BCUT2D eigenvalue weighted by Crippen LogP contribution is -2.13. The van der Waals surface area contributed by atoms with Gasteiger partial charge in [-0.25, -0.2) is 4.79 Å². The first kappa shape index (κ1) is 15.7. The number of allylic oxidation sites excluding steroid dienone is 1. The molecular weight excluding hydrogens is 256 g/mol. The van der Waals surface area contributed by atoms with Gasteiger partial charge in [-0.3, -0.25) is 4.79 Å². The Morgan fingerprint density at radius 1 is 1.30 bits per heavy atom. The first-order valence-corrected chi connectivity index (χ1v) is 6.25. The van der Waals surface area contributed by atoms with Gasteiger partial charge in [0, 0.05) is 5.57 Å². The van der Waals surface area contributed by atoms with Crippen LogP contribution in [0.15, 0.2) is 54.1 Å². The summed E-state index contributed by atoms with van der Waals surface area (Å²) in [6, 6.07) is 9.49. The highest BCUT2D eigenvalue weighted by Crippen LogP contribution is 2.09. The maximum absolute atomic E-state index is 11.8. The number of carboxylic acids is 1. The largest absolute Gasteiger partial charge is 0.481 e. The van der Waals surface area contributed by atoms with Gasteiger partial charge in [0.2, 0.25) is 0 Å². The first-order chi connectivity index (χ1) is 9.49. The van der Waals surface area contributed by atoms with Crippen LogP contribution in [0.5, 0.6) is 0 Å². The van der Waals surface area contributed by atoms with Crippen molar-refractivity contribution in [2.75, 3.05) is 6.61 Å². The molecule has 0 aromatic heterocycles. The predicted molar refractivity (Wildman–Crippen MR) is 76.3 cm³/mol. The lowest BCUT2D eigenvalue weighted by molar-refractivity contribution is -0.142. The van der Waals surface area contributed by atoms with Gasteiger partial charge >= 0.3 is 11.9 Å². The Balaban J connectivity index is 2.74. The summed E-state index contributed by atoms with van der Waals surface area (Å²) in [5.74, 6) is -1.66. The van der Waals surface area contributed by atoms with Gasteiger partial charge in [0.25, 0.3) is 0 Å². The van der Waals surface area contributed by atoms with Crippen molar-refractivity contribution in [1.82, 2.24) is 0 Å². The maximum atomic E-state index is 11.8.